The number of fused-ring (bicyclic) bond motifs is 2. The van der Waals surface area contributed by atoms with Gasteiger partial charge in [0.15, 0.2) is 0 Å². The van der Waals surface area contributed by atoms with Gasteiger partial charge in [0.05, 0.1) is 22.3 Å². The summed E-state index contributed by atoms with van der Waals surface area (Å²) in [4.78, 5) is 11.1. The maximum atomic E-state index is 13.4. The lowest BCUT2D eigenvalue weighted by atomic mass is 10.0. The highest BCUT2D eigenvalue weighted by molar-refractivity contribution is 6.31. The van der Waals surface area contributed by atoms with Crippen molar-refractivity contribution < 1.29 is 9.13 Å². The smallest absolute Gasteiger partial charge is 0.144 e. The minimum absolute atomic E-state index is 0.0427. The predicted molar refractivity (Wildman–Crippen MR) is 117 cm³/mol. The van der Waals surface area contributed by atoms with E-state index in [9.17, 15) is 4.39 Å². The Morgan fingerprint density at radius 2 is 1.93 bits per heavy atom. The summed E-state index contributed by atoms with van der Waals surface area (Å²) < 4.78 is 19.7. The number of nitrogens with one attached hydrogen (secondary N) is 1. The molecule has 2 heterocycles. The van der Waals surface area contributed by atoms with E-state index in [0.717, 1.165) is 36.8 Å². The molecule has 2 unspecified atom stereocenters. The van der Waals surface area contributed by atoms with Crippen molar-refractivity contribution in [2.75, 3.05) is 31.2 Å². The normalized spacial score (nSPS) is 23.6. The zero-order chi connectivity index (χ0) is 20.8. The predicted octanol–water partition coefficient (Wildman–Crippen LogP) is 4.47. The van der Waals surface area contributed by atoms with Crippen LogP contribution in [-0.2, 0) is 0 Å². The summed E-state index contributed by atoms with van der Waals surface area (Å²) in [5, 5.41) is 3.96. The van der Waals surface area contributed by atoms with Crippen molar-refractivity contribution in [2.24, 2.45) is 11.8 Å². The molecule has 2 fully saturated rings. The molecule has 3 aromatic rings. The molecule has 1 aliphatic carbocycles. The number of nitrogen functional groups attached to an aromatic ring is 1. The molecule has 2 aliphatic rings. The lowest BCUT2D eigenvalue weighted by Crippen LogP contribution is -2.21. The number of aromatic nitrogens is 2. The fourth-order valence-electron chi connectivity index (χ4n) is 4.77. The lowest BCUT2D eigenvalue weighted by Gasteiger charge is -2.18. The monoisotopic (exact) mass is 427 g/mol. The van der Waals surface area contributed by atoms with Crippen LogP contribution < -0.4 is 15.8 Å². The summed E-state index contributed by atoms with van der Waals surface area (Å²) in [6.07, 6.45) is 3.79. The summed E-state index contributed by atoms with van der Waals surface area (Å²) in [5.74, 6) is 2.18. The van der Waals surface area contributed by atoms with E-state index in [4.69, 9.17) is 22.1 Å². The Bertz CT molecular complexity index is 1100. The summed E-state index contributed by atoms with van der Waals surface area (Å²) in [7, 11) is 2.18. The molecule has 1 aromatic heterocycles. The van der Waals surface area contributed by atoms with Gasteiger partial charge in [0.25, 0.3) is 0 Å². The first kappa shape index (κ1) is 19.3. The first-order valence-corrected chi connectivity index (χ1v) is 10.5. The first-order chi connectivity index (χ1) is 14.5. The Labute approximate surface area is 179 Å². The van der Waals surface area contributed by atoms with Crippen LogP contribution in [0.5, 0.6) is 5.75 Å². The number of rotatable bonds is 4. The second-order valence-electron chi connectivity index (χ2n) is 8.34. The summed E-state index contributed by atoms with van der Waals surface area (Å²) in [5.41, 5.74) is 8.22. The molecular formula is C22H23ClFN5O. The molecule has 0 spiro atoms. The zero-order valence-electron chi connectivity index (χ0n) is 16.6. The van der Waals surface area contributed by atoms with Gasteiger partial charge in [0.2, 0.25) is 0 Å². The number of nitrogens with zero attached hydrogens (tertiary/aromatic N) is 3. The molecule has 5 rings (SSSR count). The van der Waals surface area contributed by atoms with Gasteiger partial charge in [0, 0.05) is 30.2 Å². The number of halogens is 2. The van der Waals surface area contributed by atoms with Crippen LogP contribution in [-0.4, -0.2) is 41.1 Å². The number of benzene rings is 2. The van der Waals surface area contributed by atoms with E-state index in [-0.39, 0.29) is 11.1 Å². The Morgan fingerprint density at radius 1 is 1.17 bits per heavy atom. The van der Waals surface area contributed by atoms with Gasteiger partial charge in [-0.15, -0.1) is 0 Å². The molecule has 0 bridgehead atoms. The van der Waals surface area contributed by atoms with Crippen molar-refractivity contribution in [1.29, 1.82) is 0 Å². The van der Waals surface area contributed by atoms with E-state index in [1.165, 1.54) is 18.5 Å². The highest BCUT2D eigenvalue weighted by atomic mass is 35.5. The maximum absolute atomic E-state index is 13.4. The number of ether oxygens (including phenoxy) is 1. The number of nitrogens with two attached hydrogens (primary N) is 1. The standard InChI is InChI=1S/C22H23ClFN5O/c1-29-9-12-4-15(5-13(12)10-29)30-21-8-20-16(7-19(21)25)22(27-11-26-20)28-14-2-3-18(24)17(23)6-14/h2-3,6-8,11-13,15H,4-5,9-10,25H2,1H3,(H,26,27,28). The fraction of sp³-hybridized carbons (Fsp3) is 0.364. The molecule has 0 amide bonds. The second-order valence-corrected chi connectivity index (χ2v) is 8.74. The van der Waals surface area contributed by atoms with Gasteiger partial charge in [-0.05, 0) is 56.0 Å². The van der Waals surface area contributed by atoms with Gasteiger partial charge >= 0.3 is 0 Å². The van der Waals surface area contributed by atoms with Crippen molar-refractivity contribution in [3.63, 3.8) is 0 Å². The van der Waals surface area contributed by atoms with Crippen molar-refractivity contribution in [3.05, 3.63) is 47.5 Å². The van der Waals surface area contributed by atoms with Crippen LogP contribution in [0.15, 0.2) is 36.7 Å². The largest absolute Gasteiger partial charge is 0.488 e. The fourth-order valence-corrected chi connectivity index (χ4v) is 4.95. The quantitative estimate of drug-likeness (QED) is 0.598. The Morgan fingerprint density at radius 3 is 2.67 bits per heavy atom. The molecular weight excluding hydrogens is 405 g/mol. The summed E-state index contributed by atoms with van der Waals surface area (Å²) in [6, 6.07) is 8.12. The number of likely N-dealkylation sites (tertiary alicyclic amines) is 1. The summed E-state index contributed by atoms with van der Waals surface area (Å²) >= 11 is 5.88. The average molecular weight is 428 g/mol. The number of hydrogen-bond donors (Lipinski definition) is 2. The minimum Gasteiger partial charge on any atom is -0.488 e. The van der Waals surface area contributed by atoms with Crippen LogP contribution >= 0.6 is 11.6 Å². The molecule has 1 saturated carbocycles. The molecule has 156 valence electrons. The second kappa shape index (κ2) is 7.56. The van der Waals surface area contributed by atoms with Gasteiger partial charge in [-0.25, -0.2) is 14.4 Å². The van der Waals surface area contributed by atoms with Crippen LogP contribution in [0, 0.1) is 17.7 Å². The van der Waals surface area contributed by atoms with Crippen LogP contribution in [0.2, 0.25) is 5.02 Å². The molecule has 6 nitrogen and oxygen atoms in total. The van der Waals surface area contributed by atoms with Crippen LogP contribution in [0.3, 0.4) is 0 Å². The van der Waals surface area contributed by atoms with E-state index < -0.39 is 5.82 Å². The van der Waals surface area contributed by atoms with E-state index in [1.807, 2.05) is 12.1 Å². The van der Waals surface area contributed by atoms with E-state index in [2.05, 4.69) is 27.2 Å². The Hall–Kier alpha value is -2.64. The molecule has 3 N–H and O–H groups in total. The van der Waals surface area contributed by atoms with E-state index in [1.54, 1.807) is 6.07 Å². The number of anilines is 3. The zero-order valence-corrected chi connectivity index (χ0v) is 17.4. The van der Waals surface area contributed by atoms with Crippen LogP contribution in [0.1, 0.15) is 12.8 Å². The van der Waals surface area contributed by atoms with Crippen molar-refractivity contribution in [3.8, 4) is 5.75 Å². The lowest BCUT2D eigenvalue weighted by molar-refractivity contribution is 0.192. The highest BCUT2D eigenvalue weighted by Gasteiger charge is 2.40. The van der Waals surface area contributed by atoms with Crippen molar-refractivity contribution in [1.82, 2.24) is 14.9 Å². The topological polar surface area (TPSA) is 76.3 Å². The van der Waals surface area contributed by atoms with Gasteiger partial charge in [-0.2, -0.15) is 0 Å². The molecule has 2 aromatic carbocycles. The molecule has 2 atom stereocenters. The highest BCUT2D eigenvalue weighted by Crippen LogP contribution is 2.41. The molecule has 1 saturated heterocycles. The van der Waals surface area contributed by atoms with Gasteiger partial charge in [0.1, 0.15) is 23.7 Å². The molecule has 8 heteroatoms. The van der Waals surface area contributed by atoms with Gasteiger partial charge < -0.3 is 20.7 Å². The third kappa shape index (κ3) is 3.63. The molecule has 1 aliphatic heterocycles. The van der Waals surface area contributed by atoms with Gasteiger partial charge in [-0.1, -0.05) is 11.6 Å². The third-order valence-electron chi connectivity index (χ3n) is 6.13. The minimum atomic E-state index is -0.469. The van der Waals surface area contributed by atoms with E-state index in [0.29, 0.717) is 34.8 Å². The average Bonchev–Trinajstić information content (AvgIpc) is 3.22. The van der Waals surface area contributed by atoms with Gasteiger partial charge in [-0.3, -0.25) is 0 Å². The Balaban J connectivity index is 1.39. The molecule has 0 radical (unpaired) electrons. The van der Waals surface area contributed by atoms with Crippen LogP contribution in [0.4, 0.5) is 21.6 Å². The molecule has 30 heavy (non-hydrogen) atoms. The van der Waals surface area contributed by atoms with E-state index >= 15 is 0 Å². The Kier molecular flexibility index (Phi) is 4.87. The maximum Gasteiger partial charge on any atom is 0.144 e. The van der Waals surface area contributed by atoms with Crippen molar-refractivity contribution >= 4 is 39.7 Å². The first-order valence-electron chi connectivity index (χ1n) is 10.1. The van der Waals surface area contributed by atoms with Crippen LogP contribution in [0.25, 0.3) is 10.9 Å². The SMILES string of the molecule is CN1CC2CC(Oc3cc4ncnc(Nc5ccc(F)c(Cl)c5)c4cc3N)CC2C1. The summed E-state index contributed by atoms with van der Waals surface area (Å²) in [6.45, 7) is 2.29. The third-order valence-corrected chi connectivity index (χ3v) is 6.42. The van der Waals surface area contributed by atoms with Crippen molar-refractivity contribution in [2.45, 2.75) is 18.9 Å². The number of hydrogen-bond acceptors (Lipinski definition) is 6.